The van der Waals surface area contributed by atoms with E-state index < -0.39 is 0 Å². The molecule has 2 N–H and O–H groups in total. The lowest BCUT2D eigenvalue weighted by Crippen LogP contribution is -2.28. The van der Waals surface area contributed by atoms with Gasteiger partial charge in [-0.3, -0.25) is 4.79 Å². The van der Waals surface area contributed by atoms with Crippen molar-refractivity contribution in [3.63, 3.8) is 0 Å². The number of carbonyl (C=O) groups is 1. The lowest BCUT2D eigenvalue weighted by atomic mass is 10.1. The van der Waals surface area contributed by atoms with Gasteiger partial charge in [0.15, 0.2) is 0 Å². The normalized spacial score (nSPS) is 19.3. The van der Waals surface area contributed by atoms with E-state index >= 15 is 0 Å². The Kier molecular flexibility index (Phi) is 4.19. The minimum Gasteiger partial charge on any atom is -0.399 e. The molecule has 88 valence electrons. The highest BCUT2D eigenvalue weighted by Gasteiger charge is 2.23. The number of hydrogen-bond acceptors (Lipinski definition) is 2. The van der Waals surface area contributed by atoms with Gasteiger partial charge in [-0.15, -0.1) is 12.4 Å². The number of hydrogen-bond donors (Lipinski definition) is 1. The fourth-order valence-corrected chi connectivity index (χ4v) is 1.93. The molecule has 16 heavy (non-hydrogen) atoms. The van der Waals surface area contributed by atoms with E-state index in [9.17, 15) is 4.79 Å². The molecular weight excluding hydrogens is 224 g/mol. The molecule has 2 rings (SSSR count). The van der Waals surface area contributed by atoms with Crippen molar-refractivity contribution >= 4 is 24.0 Å². The van der Waals surface area contributed by atoms with E-state index in [0.29, 0.717) is 11.6 Å². The minimum absolute atomic E-state index is 0. The van der Waals surface area contributed by atoms with E-state index in [2.05, 4.69) is 6.92 Å². The Morgan fingerprint density at radius 1 is 1.38 bits per heavy atom. The third-order valence-electron chi connectivity index (χ3n) is 2.87. The number of nitrogens with zero attached hydrogens (tertiary/aromatic N) is 1. The molecule has 1 amide bonds. The summed E-state index contributed by atoms with van der Waals surface area (Å²) < 4.78 is 0. The number of benzene rings is 1. The predicted molar refractivity (Wildman–Crippen MR) is 67.8 cm³/mol. The first-order valence-corrected chi connectivity index (χ1v) is 5.31. The topological polar surface area (TPSA) is 46.3 Å². The average molecular weight is 241 g/mol. The third kappa shape index (κ3) is 2.67. The zero-order valence-electron chi connectivity index (χ0n) is 9.35. The number of nitrogen functional groups attached to an aromatic ring is 1. The Labute approximate surface area is 102 Å². The summed E-state index contributed by atoms with van der Waals surface area (Å²) in [6, 6.07) is 7.13. The van der Waals surface area contributed by atoms with Crippen molar-refractivity contribution in [3.05, 3.63) is 29.8 Å². The molecule has 0 bridgehead atoms. The van der Waals surface area contributed by atoms with Crippen LogP contribution in [-0.2, 0) is 0 Å². The maximum Gasteiger partial charge on any atom is 0.253 e. The Balaban J connectivity index is 0.00000128. The van der Waals surface area contributed by atoms with Gasteiger partial charge < -0.3 is 10.6 Å². The molecule has 0 aliphatic carbocycles. The van der Waals surface area contributed by atoms with Crippen LogP contribution in [0.25, 0.3) is 0 Å². The first-order chi connectivity index (χ1) is 7.16. The summed E-state index contributed by atoms with van der Waals surface area (Å²) in [6.07, 6.45) is 1.11. The molecule has 1 heterocycles. The molecule has 4 heteroatoms. The van der Waals surface area contributed by atoms with Crippen molar-refractivity contribution < 1.29 is 4.79 Å². The Morgan fingerprint density at radius 2 is 2.00 bits per heavy atom. The summed E-state index contributed by atoms with van der Waals surface area (Å²) in [5.41, 5.74) is 7.01. The predicted octanol–water partition coefficient (Wildman–Crippen LogP) is 2.17. The molecule has 1 aromatic rings. The van der Waals surface area contributed by atoms with Gasteiger partial charge in [0.25, 0.3) is 5.91 Å². The lowest BCUT2D eigenvalue weighted by molar-refractivity contribution is 0.0788. The summed E-state index contributed by atoms with van der Waals surface area (Å²) in [7, 11) is 0. The third-order valence-corrected chi connectivity index (χ3v) is 2.87. The highest BCUT2D eigenvalue weighted by Crippen LogP contribution is 2.18. The van der Waals surface area contributed by atoms with Crippen molar-refractivity contribution in [1.29, 1.82) is 0 Å². The maximum atomic E-state index is 12.0. The van der Waals surface area contributed by atoms with Gasteiger partial charge in [0.1, 0.15) is 0 Å². The van der Waals surface area contributed by atoms with E-state index in [-0.39, 0.29) is 18.3 Å². The van der Waals surface area contributed by atoms with Crippen LogP contribution in [0.2, 0.25) is 0 Å². The zero-order chi connectivity index (χ0) is 10.8. The number of amides is 1. The Morgan fingerprint density at radius 3 is 2.50 bits per heavy atom. The van der Waals surface area contributed by atoms with Crippen LogP contribution in [-0.4, -0.2) is 23.9 Å². The highest BCUT2D eigenvalue weighted by molar-refractivity contribution is 5.94. The van der Waals surface area contributed by atoms with Crippen LogP contribution >= 0.6 is 12.4 Å². The summed E-state index contributed by atoms with van der Waals surface area (Å²) >= 11 is 0. The van der Waals surface area contributed by atoms with Crippen LogP contribution in [0, 0.1) is 5.92 Å². The summed E-state index contributed by atoms with van der Waals surface area (Å²) in [6.45, 7) is 3.93. The minimum atomic E-state index is 0. The summed E-state index contributed by atoms with van der Waals surface area (Å²) in [5, 5.41) is 0. The van der Waals surface area contributed by atoms with Crippen LogP contribution in [0.1, 0.15) is 23.7 Å². The van der Waals surface area contributed by atoms with E-state index in [1.807, 2.05) is 4.90 Å². The average Bonchev–Trinajstić information content (AvgIpc) is 2.65. The number of halogens is 1. The molecule has 0 aromatic heterocycles. The van der Waals surface area contributed by atoms with E-state index in [4.69, 9.17) is 5.73 Å². The van der Waals surface area contributed by atoms with Gasteiger partial charge in [-0.1, -0.05) is 6.92 Å². The molecule has 0 spiro atoms. The number of carbonyl (C=O) groups excluding carboxylic acids is 1. The van der Waals surface area contributed by atoms with Crippen LogP contribution in [0.4, 0.5) is 5.69 Å². The molecule has 0 saturated carbocycles. The van der Waals surface area contributed by atoms with Crippen molar-refractivity contribution in [2.45, 2.75) is 13.3 Å². The second-order valence-corrected chi connectivity index (χ2v) is 4.27. The fourth-order valence-electron chi connectivity index (χ4n) is 1.93. The Bertz CT molecular complexity index is 364. The molecule has 1 saturated heterocycles. The molecule has 3 nitrogen and oxygen atoms in total. The molecule has 1 aliphatic rings. The SMILES string of the molecule is CC1CCN(C(=O)c2ccc(N)cc2)C1.Cl. The van der Waals surface area contributed by atoms with Gasteiger partial charge in [0.05, 0.1) is 0 Å². The number of likely N-dealkylation sites (tertiary alicyclic amines) is 1. The summed E-state index contributed by atoms with van der Waals surface area (Å²) in [4.78, 5) is 13.9. The van der Waals surface area contributed by atoms with Crippen LogP contribution in [0.5, 0.6) is 0 Å². The molecule has 1 unspecified atom stereocenters. The van der Waals surface area contributed by atoms with Gasteiger partial charge in [-0.25, -0.2) is 0 Å². The van der Waals surface area contributed by atoms with Gasteiger partial charge >= 0.3 is 0 Å². The number of rotatable bonds is 1. The molecule has 1 fully saturated rings. The van der Waals surface area contributed by atoms with Crippen LogP contribution < -0.4 is 5.73 Å². The van der Waals surface area contributed by atoms with Gasteiger partial charge in [0.2, 0.25) is 0 Å². The molecule has 0 radical (unpaired) electrons. The van der Waals surface area contributed by atoms with E-state index in [1.54, 1.807) is 24.3 Å². The molecular formula is C12H17ClN2O. The zero-order valence-corrected chi connectivity index (χ0v) is 10.2. The smallest absolute Gasteiger partial charge is 0.253 e. The molecule has 1 aromatic carbocycles. The number of anilines is 1. The standard InChI is InChI=1S/C12H16N2O.ClH/c1-9-6-7-14(8-9)12(15)10-2-4-11(13)5-3-10;/h2-5,9H,6-8,13H2,1H3;1H. The molecule has 1 aliphatic heterocycles. The van der Waals surface area contributed by atoms with Gasteiger partial charge in [0, 0.05) is 24.3 Å². The van der Waals surface area contributed by atoms with Crippen molar-refractivity contribution in [2.24, 2.45) is 5.92 Å². The summed E-state index contributed by atoms with van der Waals surface area (Å²) in [5.74, 6) is 0.752. The monoisotopic (exact) mass is 240 g/mol. The second-order valence-electron chi connectivity index (χ2n) is 4.27. The number of nitrogens with two attached hydrogens (primary N) is 1. The van der Waals surface area contributed by atoms with Crippen LogP contribution in [0.15, 0.2) is 24.3 Å². The lowest BCUT2D eigenvalue weighted by Gasteiger charge is -2.15. The first kappa shape index (κ1) is 12.8. The van der Waals surface area contributed by atoms with Crippen molar-refractivity contribution in [3.8, 4) is 0 Å². The van der Waals surface area contributed by atoms with Crippen LogP contribution in [0.3, 0.4) is 0 Å². The van der Waals surface area contributed by atoms with Gasteiger partial charge in [-0.2, -0.15) is 0 Å². The fraction of sp³-hybridized carbons (Fsp3) is 0.417. The van der Waals surface area contributed by atoms with Crippen molar-refractivity contribution in [1.82, 2.24) is 4.90 Å². The quantitative estimate of drug-likeness (QED) is 0.765. The van der Waals surface area contributed by atoms with Gasteiger partial charge in [-0.05, 0) is 36.6 Å². The maximum absolute atomic E-state index is 12.0. The highest BCUT2D eigenvalue weighted by atomic mass is 35.5. The molecule has 1 atom stereocenters. The Hall–Kier alpha value is -1.22. The van der Waals surface area contributed by atoms with Crippen molar-refractivity contribution in [2.75, 3.05) is 18.8 Å². The first-order valence-electron chi connectivity index (χ1n) is 5.31. The second kappa shape index (κ2) is 5.21. The van der Waals surface area contributed by atoms with E-state index in [1.165, 1.54) is 0 Å². The van der Waals surface area contributed by atoms with E-state index in [0.717, 1.165) is 25.1 Å². The largest absolute Gasteiger partial charge is 0.399 e.